The molecule has 8 heteroatoms. The molecule has 0 aliphatic rings. The Kier molecular flexibility index (Phi) is 6.53. The Morgan fingerprint density at radius 3 is 2.52 bits per heavy atom. The highest BCUT2D eigenvalue weighted by Crippen LogP contribution is 2.31. The van der Waals surface area contributed by atoms with E-state index in [4.69, 9.17) is 10.7 Å². The molecule has 33 heavy (non-hydrogen) atoms. The second-order valence-corrected chi connectivity index (χ2v) is 7.79. The van der Waals surface area contributed by atoms with Crippen LogP contribution in [0.2, 0.25) is 0 Å². The van der Waals surface area contributed by atoms with Gasteiger partial charge in [0.25, 0.3) is 5.91 Å². The van der Waals surface area contributed by atoms with Gasteiger partial charge in [0.15, 0.2) is 0 Å². The third kappa shape index (κ3) is 4.50. The highest BCUT2D eigenvalue weighted by Gasteiger charge is 2.19. The van der Waals surface area contributed by atoms with E-state index in [9.17, 15) is 4.79 Å². The fourth-order valence-electron chi connectivity index (χ4n) is 3.93. The Morgan fingerprint density at radius 1 is 1.06 bits per heavy atom. The minimum atomic E-state index is -0.206. The Hall–Kier alpha value is -3.94. The van der Waals surface area contributed by atoms with Gasteiger partial charge in [0.05, 0.1) is 0 Å². The van der Waals surface area contributed by atoms with E-state index >= 15 is 0 Å². The average Bonchev–Trinajstić information content (AvgIpc) is 3.21. The smallest absolute Gasteiger partial charge is 0.256 e. The fraction of sp³-hybridized carbons (Fsp3) is 0.280. The molecule has 0 atom stereocenters. The number of pyridine rings is 1. The lowest BCUT2D eigenvalue weighted by atomic mass is 10.1. The van der Waals surface area contributed by atoms with Crippen molar-refractivity contribution in [3.8, 4) is 11.3 Å². The topological polar surface area (TPSA) is 101 Å². The van der Waals surface area contributed by atoms with Crippen molar-refractivity contribution in [3.05, 3.63) is 66.1 Å². The number of rotatable bonds is 8. The number of amides is 1. The van der Waals surface area contributed by atoms with Crippen LogP contribution >= 0.6 is 0 Å². The third-order valence-electron chi connectivity index (χ3n) is 5.64. The molecule has 170 valence electrons. The van der Waals surface area contributed by atoms with Crippen molar-refractivity contribution in [1.29, 1.82) is 0 Å². The molecule has 0 bridgehead atoms. The molecule has 0 radical (unpaired) electrons. The van der Waals surface area contributed by atoms with Crippen molar-refractivity contribution in [2.75, 3.05) is 29.0 Å². The summed E-state index contributed by atoms with van der Waals surface area (Å²) in [5.41, 5.74) is 10.3. The number of imidazole rings is 1. The predicted octanol–water partition coefficient (Wildman–Crippen LogP) is 4.42. The second kappa shape index (κ2) is 9.68. The molecule has 0 aliphatic carbocycles. The molecule has 1 amide bonds. The summed E-state index contributed by atoms with van der Waals surface area (Å²) >= 11 is 0. The van der Waals surface area contributed by atoms with Crippen LogP contribution in [0.15, 0.2) is 55.0 Å². The summed E-state index contributed by atoms with van der Waals surface area (Å²) in [5.74, 6) is 1.58. The van der Waals surface area contributed by atoms with E-state index in [1.54, 1.807) is 24.5 Å². The number of benzene rings is 1. The lowest BCUT2D eigenvalue weighted by Crippen LogP contribution is -2.24. The molecule has 3 heterocycles. The van der Waals surface area contributed by atoms with E-state index in [0.717, 1.165) is 54.2 Å². The Labute approximate surface area is 193 Å². The molecule has 0 unspecified atom stereocenters. The maximum absolute atomic E-state index is 12.8. The van der Waals surface area contributed by atoms with Gasteiger partial charge in [-0.1, -0.05) is 25.5 Å². The van der Waals surface area contributed by atoms with Gasteiger partial charge in [-0.05, 0) is 50.1 Å². The first-order valence-corrected chi connectivity index (χ1v) is 11.3. The maximum Gasteiger partial charge on any atom is 0.256 e. The molecule has 0 fully saturated rings. The molecular weight excluding hydrogens is 414 g/mol. The number of hydrogen-bond donors (Lipinski definition) is 2. The number of nitrogens with zero attached hydrogens (tertiary/aromatic N) is 5. The largest absolute Gasteiger partial charge is 0.382 e. The van der Waals surface area contributed by atoms with E-state index in [0.29, 0.717) is 17.2 Å². The first-order valence-electron chi connectivity index (χ1n) is 11.3. The normalized spacial score (nSPS) is 11.0. The first kappa shape index (κ1) is 22.3. The molecule has 0 aliphatic heterocycles. The van der Waals surface area contributed by atoms with Crippen molar-refractivity contribution in [3.63, 3.8) is 0 Å². The number of carbonyl (C=O) groups excluding carboxylic acids is 1. The number of nitrogen functional groups attached to an aromatic ring is 1. The van der Waals surface area contributed by atoms with Crippen molar-refractivity contribution >= 4 is 29.0 Å². The fourth-order valence-corrected chi connectivity index (χ4v) is 3.93. The van der Waals surface area contributed by atoms with E-state index in [1.165, 1.54) is 0 Å². The molecule has 4 aromatic rings. The van der Waals surface area contributed by atoms with Crippen LogP contribution in [0.5, 0.6) is 0 Å². The van der Waals surface area contributed by atoms with Gasteiger partial charge in [-0.25, -0.2) is 15.0 Å². The monoisotopic (exact) mass is 443 g/mol. The lowest BCUT2D eigenvalue weighted by Gasteiger charge is -2.18. The summed E-state index contributed by atoms with van der Waals surface area (Å²) in [4.78, 5) is 28.3. The minimum absolute atomic E-state index is 0.206. The number of anilines is 3. The van der Waals surface area contributed by atoms with Crippen molar-refractivity contribution in [2.45, 2.75) is 33.6 Å². The van der Waals surface area contributed by atoms with Gasteiger partial charge >= 0.3 is 0 Å². The minimum Gasteiger partial charge on any atom is -0.382 e. The van der Waals surface area contributed by atoms with Crippen LogP contribution in [-0.2, 0) is 6.42 Å². The van der Waals surface area contributed by atoms with Crippen LogP contribution in [0.1, 0.15) is 43.1 Å². The van der Waals surface area contributed by atoms with Crippen LogP contribution < -0.4 is 16.0 Å². The first-order chi connectivity index (χ1) is 16.0. The SMILES string of the molecule is CCCc1ccnc(NC(=O)c2ccc(-c3nc(N(CC)CC)n4ccnc(N)c34)cc2)c1. The number of carbonyl (C=O) groups is 1. The summed E-state index contributed by atoms with van der Waals surface area (Å²) in [5, 5.41) is 2.88. The lowest BCUT2D eigenvalue weighted by molar-refractivity contribution is 0.102. The average molecular weight is 444 g/mol. The molecule has 4 rings (SSSR count). The second-order valence-electron chi connectivity index (χ2n) is 7.79. The van der Waals surface area contributed by atoms with E-state index in [2.05, 4.69) is 41.0 Å². The van der Waals surface area contributed by atoms with Crippen LogP contribution in [-0.4, -0.2) is 38.3 Å². The van der Waals surface area contributed by atoms with E-state index in [-0.39, 0.29) is 5.91 Å². The zero-order valence-electron chi connectivity index (χ0n) is 19.2. The summed E-state index contributed by atoms with van der Waals surface area (Å²) in [6.45, 7) is 7.95. The highest BCUT2D eigenvalue weighted by molar-refractivity contribution is 6.04. The number of nitrogens with one attached hydrogen (secondary N) is 1. The standard InChI is InChI=1S/C25H29N7O/c1-4-7-17-12-13-27-20(16-17)29-24(33)19-10-8-18(9-11-19)21-22-23(26)28-14-15-32(22)25(30-21)31(5-2)6-3/h8-16H,4-7H2,1-3H3,(H2,26,28)(H,27,29,33). The van der Waals surface area contributed by atoms with Gasteiger partial charge in [0, 0.05) is 42.8 Å². The number of nitrogens with two attached hydrogens (primary N) is 1. The van der Waals surface area contributed by atoms with Crippen LogP contribution in [0.3, 0.4) is 0 Å². The van der Waals surface area contributed by atoms with Gasteiger partial charge < -0.3 is 16.0 Å². The molecular formula is C25H29N7O. The summed E-state index contributed by atoms with van der Waals surface area (Å²) in [6, 6.07) is 11.2. The number of aryl methyl sites for hydroxylation is 1. The van der Waals surface area contributed by atoms with E-state index < -0.39 is 0 Å². The molecule has 8 nitrogen and oxygen atoms in total. The zero-order valence-corrected chi connectivity index (χ0v) is 19.2. The maximum atomic E-state index is 12.8. The van der Waals surface area contributed by atoms with Crippen molar-refractivity contribution in [2.24, 2.45) is 0 Å². The molecule has 0 saturated carbocycles. The van der Waals surface area contributed by atoms with Gasteiger partial charge in [-0.3, -0.25) is 9.20 Å². The molecule has 0 saturated heterocycles. The molecule has 3 N–H and O–H groups in total. The molecule has 1 aromatic carbocycles. The zero-order chi connectivity index (χ0) is 23.4. The predicted molar refractivity (Wildman–Crippen MR) is 133 cm³/mol. The summed E-state index contributed by atoms with van der Waals surface area (Å²) < 4.78 is 1.97. The molecule has 3 aromatic heterocycles. The van der Waals surface area contributed by atoms with Crippen molar-refractivity contribution in [1.82, 2.24) is 19.4 Å². The molecule has 0 spiro atoms. The van der Waals surface area contributed by atoms with Crippen LogP contribution in [0, 0.1) is 0 Å². The number of hydrogen-bond acceptors (Lipinski definition) is 6. The van der Waals surface area contributed by atoms with E-state index in [1.807, 2.05) is 34.9 Å². The van der Waals surface area contributed by atoms with Gasteiger partial charge in [-0.2, -0.15) is 0 Å². The van der Waals surface area contributed by atoms with Crippen LogP contribution in [0.25, 0.3) is 16.8 Å². The number of aromatic nitrogens is 4. The van der Waals surface area contributed by atoms with Gasteiger partial charge in [-0.15, -0.1) is 0 Å². The highest BCUT2D eigenvalue weighted by atomic mass is 16.1. The van der Waals surface area contributed by atoms with Gasteiger partial charge in [0.2, 0.25) is 5.95 Å². The van der Waals surface area contributed by atoms with Gasteiger partial charge in [0.1, 0.15) is 22.8 Å². The Morgan fingerprint density at radius 2 is 1.82 bits per heavy atom. The Bertz CT molecular complexity index is 1260. The van der Waals surface area contributed by atoms with Crippen LogP contribution in [0.4, 0.5) is 17.6 Å². The number of fused-ring (bicyclic) bond motifs is 1. The summed E-state index contributed by atoms with van der Waals surface area (Å²) in [6.07, 6.45) is 7.26. The third-order valence-corrected chi connectivity index (χ3v) is 5.64. The van der Waals surface area contributed by atoms with Crippen molar-refractivity contribution < 1.29 is 4.79 Å². The quantitative estimate of drug-likeness (QED) is 0.418. The Balaban J connectivity index is 1.63. The summed E-state index contributed by atoms with van der Waals surface area (Å²) in [7, 11) is 0.